The van der Waals surface area contributed by atoms with E-state index in [0.29, 0.717) is 0 Å². The summed E-state index contributed by atoms with van der Waals surface area (Å²) >= 11 is 0. The second-order valence-electron chi connectivity index (χ2n) is 12.7. The van der Waals surface area contributed by atoms with Crippen molar-refractivity contribution in [2.24, 2.45) is 5.41 Å². The molecule has 0 bridgehead atoms. The minimum absolute atomic E-state index is 0.0195. The molecule has 1 N–H and O–H groups in total. The number of halogens is 5. The van der Waals surface area contributed by atoms with Crippen molar-refractivity contribution in [1.82, 2.24) is 19.9 Å². The van der Waals surface area contributed by atoms with Crippen LogP contribution in [0.5, 0.6) is 0 Å². The number of likely N-dealkylation sites (tertiary alicyclic amines) is 2. The number of carbonyl (C=O) groups is 2. The Kier molecular flexibility index (Phi) is 7.22. The SMILES string of the molecule is CC(C)(C)OC(=O)N1CC(C)(C)[C@H](O)C[C@H]1C(=O)N1CCC(c2noc(C3CC(F)(F)C3)n2)(C(F)(F)F)CC1. The summed E-state index contributed by atoms with van der Waals surface area (Å²) in [6.07, 6.45) is -8.83. The third-order valence-corrected chi connectivity index (χ3v) is 8.00. The number of ether oxygens (including phenoxy) is 1. The van der Waals surface area contributed by atoms with Crippen LogP contribution >= 0.6 is 0 Å². The predicted octanol–water partition coefficient (Wildman–Crippen LogP) is 4.40. The third-order valence-electron chi connectivity index (χ3n) is 8.00. The predicted molar refractivity (Wildman–Crippen MR) is 126 cm³/mol. The molecule has 0 spiro atoms. The normalized spacial score (nSPS) is 27.2. The topological polar surface area (TPSA) is 109 Å². The number of aliphatic hydroxyl groups is 1. The number of hydrogen-bond acceptors (Lipinski definition) is 7. The molecule has 1 aromatic heterocycles. The second kappa shape index (κ2) is 9.55. The molecule has 2 amide bonds. The molecule has 4 rings (SSSR count). The average molecular weight is 567 g/mol. The molecule has 2 saturated heterocycles. The Hall–Kier alpha value is -2.51. The fourth-order valence-corrected chi connectivity index (χ4v) is 5.44. The monoisotopic (exact) mass is 566 g/mol. The number of aliphatic hydroxyl groups excluding tert-OH is 1. The van der Waals surface area contributed by atoms with E-state index in [4.69, 9.17) is 9.26 Å². The Morgan fingerprint density at radius 2 is 1.69 bits per heavy atom. The first-order valence-corrected chi connectivity index (χ1v) is 13.0. The maximum absolute atomic E-state index is 14.4. The molecule has 1 aliphatic carbocycles. The Morgan fingerprint density at radius 3 is 2.21 bits per heavy atom. The van der Waals surface area contributed by atoms with E-state index in [9.17, 15) is 36.6 Å². The molecule has 3 fully saturated rings. The summed E-state index contributed by atoms with van der Waals surface area (Å²) in [4.78, 5) is 32.9. The molecule has 3 aliphatic rings. The highest BCUT2D eigenvalue weighted by Gasteiger charge is 2.61. The molecule has 0 radical (unpaired) electrons. The van der Waals surface area contributed by atoms with E-state index < -0.39 is 90.1 Å². The zero-order chi connectivity index (χ0) is 29.2. The fraction of sp³-hybridized carbons (Fsp3) is 0.840. The lowest BCUT2D eigenvalue weighted by Crippen LogP contribution is -2.63. The van der Waals surface area contributed by atoms with Gasteiger partial charge >= 0.3 is 12.3 Å². The molecule has 39 heavy (non-hydrogen) atoms. The van der Waals surface area contributed by atoms with E-state index in [-0.39, 0.29) is 31.9 Å². The summed E-state index contributed by atoms with van der Waals surface area (Å²) in [6, 6.07) is -1.11. The first kappa shape index (κ1) is 29.5. The van der Waals surface area contributed by atoms with Gasteiger partial charge in [-0.25, -0.2) is 13.6 Å². The largest absolute Gasteiger partial charge is 0.444 e. The van der Waals surface area contributed by atoms with Gasteiger partial charge in [-0.3, -0.25) is 9.69 Å². The van der Waals surface area contributed by atoms with E-state index >= 15 is 0 Å². The summed E-state index contributed by atoms with van der Waals surface area (Å²) in [5.41, 5.74) is -4.10. The number of piperidine rings is 2. The van der Waals surface area contributed by atoms with Crippen molar-refractivity contribution >= 4 is 12.0 Å². The van der Waals surface area contributed by atoms with Crippen molar-refractivity contribution in [2.45, 2.75) is 108 Å². The molecular weight excluding hydrogens is 531 g/mol. The molecule has 2 atom stereocenters. The van der Waals surface area contributed by atoms with Crippen LogP contribution in [-0.4, -0.2) is 86.5 Å². The summed E-state index contributed by atoms with van der Waals surface area (Å²) in [5, 5.41) is 14.2. The first-order valence-electron chi connectivity index (χ1n) is 13.0. The number of aromatic nitrogens is 2. The van der Waals surface area contributed by atoms with E-state index in [1.807, 2.05) is 0 Å². The number of carbonyl (C=O) groups excluding carboxylic acids is 2. The van der Waals surface area contributed by atoms with Crippen LogP contribution in [0.25, 0.3) is 0 Å². The summed E-state index contributed by atoms with van der Waals surface area (Å²) in [6.45, 7) is 7.90. The van der Waals surface area contributed by atoms with Crippen molar-refractivity contribution in [3.8, 4) is 0 Å². The molecule has 220 valence electrons. The Morgan fingerprint density at radius 1 is 1.10 bits per heavy atom. The van der Waals surface area contributed by atoms with E-state index in [2.05, 4.69) is 10.1 Å². The number of amides is 2. The Balaban J connectivity index is 1.52. The van der Waals surface area contributed by atoms with Crippen molar-refractivity contribution in [3.05, 3.63) is 11.7 Å². The van der Waals surface area contributed by atoms with Crippen LogP contribution < -0.4 is 0 Å². The van der Waals surface area contributed by atoms with Gasteiger partial charge in [-0.15, -0.1) is 0 Å². The highest BCUT2D eigenvalue weighted by Crippen LogP contribution is 2.51. The van der Waals surface area contributed by atoms with Crippen LogP contribution in [0.15, 0.2) is 4.52 Å². The second-order valence-corrected chi connectivity index (χ2v) is 12.7. The van der Waals surface area contributed by atoms with Crippen LogP contribution in [0.4, 0.5) is 26.7 Å². The van der Waals surface area contributed by atoms with Gasteiger partial charge in [0.15, 0.2) is 5.82 Å². The zero-order valence-corrected chi connectivity index (χ0v) is 22.6. The minimum Gasteiger partial charge on any atom is -0.444 e. The lowest BCUT2D eigenvalue weighted by atomic mass is 9.75. The molecular formula is C25H35F5N4O5. The Labute approximate surface area is 223 Å². The number of nitrogens with zero attached hydrogens (tertiary/aromatic N) is 4. The summed E-state index contributed by atoms with van der Waals surface area (Å²) in [5.74, 6) is -5.16. The van der Waals surface area contributed by atoms with Gasteiger partial charge in [-0.05, 0) is 33.6 Å². The van der Waals surface area contributed by atoms with E-state index in [1.54, 1.807) is 34.6 Å². The molecule has 1 aromatic rings. The quantitative estimate of drug-likeness (QED) is 0.541. The molecule has 14 heteroatoms. The molecule has 0 unspecified atom stereocenters. The zero-order valence-electron chi connectivity index (χ0n) is 22.6. The summed E-state index contributed by atoms with van der Waals surface area (Å²) < 4.78 is 80.1. The maximum Gasteiger partial charge on any atom is 0.410 e. The van der Waals surface area contributed by atoms with Crippen LogP contribution in [0, 0.1) is 5.41 Å². The number of hydrogen-bond donors (Lipinski definition) is 1. The van der Waals surface area contributed by atoms with E-state index in [0.717, 1.165) is 0 Å². The molecule has 0 aromatic carbocycles. The highest BCUT2D eigenvalue weighted by molar-refractivity contribution is 5.86. The van der Waals surface area contributed by atoms with Crippen LogP contribution in [0.1, 0.15) is 84.4 Å². The van der Waals surface area contributed by atoms with Crippen molar-refractivity contribution in [3.63, 3.8) is 0 Å². The van der Waals surface area contributed by atoms with Gasteiger partial charge in [0, 0.05) is 50.2 Å². The van der Waals surface area contributed by atoms with Crippen molar-refractivity contribution in [2.75, 3.05) is 19.6 Å². The highest BCUT2D eigenvalue weighted by atomic mass is 19.4. The number of alkyl halides is 5. The number of rotatable bonds is 3. The van der Waals surface area contributed by atoms with Gasteiger partial charge in [-0.1, -0.05) is 19.0 Å². The smallest absolute Gasteiger partial charge is 0.410 e. The minimum atomic E-state index is -4.79. The van der Waals surface area contributed by atoms with Crippen LogP contribution in [0.3, 0.4) is 0 Å². The molecule has 9 nitrogen and oxygen atoms in total. The van der Waals surface area contributed by atoms with Crippen LogP contribution in [-0.2, 0) is 14.9 Å². The average Bonchev–Trinajstić information content (AvgIpc) is 3.27. The summed E-state index contributed by atoms with van der Waals surface area (Å²) in [7, 11) is 0. The van der Waals surface area contributed by atoms with Crippen molar-refractivity contribution in [1.29, 1.82) is 0 Å². The fourth-order valence-electron chi connectivity index (χ4n) is 5.44. The van der Waals surface area contributed by atoms with Gasteiger partial charge in [-0.2, -0.15) is 18.2 Å². The molecule has 2 aliphatic heterocycles. The standard InChI is InChI=1S/C25H35F5N4O5/c1-21(2,3)38-20(37)34-13-22(4,5)16(35)10-15(34)18(36)33-8-6-23(7-9-33,25(28,29)30)19-31-17(39-32-19)14-11-24(26,27)12-14/h14-16,35H,6-13H2,1-5H3/t15-,16+/m0/s1. The first-order chi connectivity index (χ1) is 17.7. The maximum atomic E-state index is 14.4. The third kappa shape index (κ3) is 5.71. The van der Waals surface area contributed by atoms with Crippen LogP contribution in [0.2, 0.25) is 0 Å². The van der Waals surface area contributed by atoms with Gasteiger partial charge in [0.25, 0.3) is 0 Å². The lowest BCUT2D eigenvalue weighted by molar-refractivity contribution is -0.207. The Bertz CT molecular complexity index is 1080. The molecule has 3 heterocycles. The molecule has 1 saturated carbocycles. The lowest BCUT2D eigenvalue weighted by Gasteiger charge is -2.48. The van der Waals surface area contributed by atoms with Gasteiger partial charge < -0.3 is 19.3 Å². The van der Waals surface area contributed by atoms with Crippen molar-refractivity contribution < 1.29 is 45.9 Å². The van der Waals surface area contributed by atoms with Gasteiger partial charge in [0.1, 0.15) is 17.1 Å². The van der Waals surface area contributed by atoms with Gasteiger partial charge in [0.2, 0.25) is 17.7 Å². The van der Waals surface area contributed by atoms with Gasteiger partial charge in [0.05, 0.1) is 6.10 Å². The van der Waals surface area contributed by atoms with E-state index in [1.165, 1.54) is 9.80 Å².